The Hall–Kier alpha value is -1.45. The number of benzene rings is 1. The molecule has 96 valence electrons. The lowest BCUT2D eigenvalue weighted by Gasteiger charge is -2.24. The normalized spacial score (nSPS) is 14.6. The maximum Gasteiger partial charge on any atom is 0.0737 e. The maximum absolute atomic E-state index is 5.45. The summed E-state index contributed by atoms with van der Waals surface area (Å²) in [5.74, 6) is 0. The summed E-state index contributed by atoms with van der Waals surface area (Å²) in [6, 6.07) is 10.6. The Balaban J connectivity index is 2.37. The van der Waals surface area contributed by atoms with Gasteiger partial charge in [-0.2, -0.15) is 0 Å². The van der Waals surface area contributed by atoms with E-state index in [9.17, 15) is 0 Å². The number of ether oxygens (including phenoxy) is 1. The average Bonchev–Trinajstić information content (AvgIpc) is 2.43. The number of hydrogen-bond acceptors (Lipinski definition) is 3. The van der Waals surface area contributed by atoms with Gasteiger partial charge in [0.15, 0.2) is 0 Å². The molecule has 0 saturated carbocycles. The molecule has 1 N–H and O–H groups in total. The van der Waals surface area contributed by atoms with Crippen LogP contribution in [0.25, 0.3) is 10.9 Å². The van der Waals surface area contributed by atoms with Crippen LogP contribution in [0.1, 0.15) is 25.5 Å². The summed E-state index contributed by atoms with van der Waals surface area (Å²) in [5, 5.41) is 4.63. The number of pyridine rings is 1. The first-order valence-electron chi connectivity index (χ1n) is 6.37. The SMILES string of the molecule is CCNC(c1ccc2cccnc2c1)C(C)OC. The molecule has 0 radical (unpaired) electrons. The van der Waals surface area contributed by atoms with Crippen molar-refractivity contribution >= 4 is 10.9 Å². The molecule has 0 saturated heterocycles. The predicted molar refractivity (Wildman–Crippen MR) is 74.6 cm³/mol. The summed E-state index contributed by atoms with van der Waals surface area (Å²) < 4.78 is 5.45. The summed E-state index contributed by atoms with van der Waals surface area (Å²) in [6.07, 6.45) is 1.96. The number of fused-ring (bicyclic) bond motifs is 1. The predicted octanol–water partition coefficient (Wildman–Crippen LogP) is 2.92. The van der Waals surface area contributed by atoms with Crippen molar-refractivity contribution in [1.82, 2.24) is 10.3 Å². The van der Waals surface area contributed by atoms with Gasteiger partial charge in [-0.1, -0.05) is 25.1 Å². The van der Waals surface area contributed by atoms with Crippen molar-refractivity contribution in [2.75, 3.05) is 13.7 Å². The molecule has 0 fully saturated rings. The fourth-order valence-corrected chi connectivity index (χ4v) is 2.19. The average molecular weight is 244 g/mol. The largest absolute Gasteiger partial charge is 0.380 e. The molecule has 1 aromatic carbocycles. The lowest BCUT2D eigenvalue weighted by molar-refractivity contribution is 0.0836. The second-order valence-corrected chi connectivity index (χ2v) is 4.43. The molecule has 2 atom stereocenters. The van der Waals surface area contributed by atoms with Crippen LogP contribution in [0.15, 0.2) is 36.5 Å². The molecule has 0 bridgehead atoms. The Bertz CT molecular complexity index is 513. The molecule has 3 heteroatoms. The van der Waals surface area contributed by atoms with Crippen LogP contribution in [0.4, 0.5) is 0 Å². The van der Waals surface area contributed by atoms with Crippen molar-refractivity contribution < 1.29 is 4.74 Å². The first kappa shape index (κ1) is 13.0. The molecule has 18 heavy (non-hydrogen) atoms. The first-order valence-corrected chi connectivity index (χ1v) is 6.37. The number of rotatable bonds is 5. The number of likely N-dealkylation sites (N-methyl/N-ethyl adjacent to an activating group) is 1. The molecule has 0 amide bonds. The van der Waals surface area contributed by atoms with E-state index in [-0.39, 0.29) is 12.1 Å². The van der Waals surface area contributed by atoms with Crippen molar-refractivity contribution in [1.29, 1.82) is 0 Å². The number of nitrogens with one attached hydrogen (secondary N) is 1. The highest BCUT2D eigenvalue weighted by Gasteiger charge is 2.18. The van der Waals surface area contributed by atoms with Gasteiger partial charge in [0, 0.05) is 18.7 Å². The number of hydrogen-bond donors (Lipinski definition) is 1. The van der Waals surface area contributed by atoms with Crippen LogP contribution in [-0.4, -0.2) is 24.7 Å². The van der Waals surface area contributed by atoms with Crippen LogP contribution in [0.3, 0.4) is 0 Å². The van der Waals surface area contributed by atoms with Gasteiger partial charge in [-0.05, 0) is 31.2 Å². The Morgan fingerprint density at radius 1 is 1.33 bits per heavy atom. The second-order valence-electron chi connectivity index (χ2n) is 4.43. The molecule has 0 spiro atoms. The molecular formula is C15H20N2O. The van der Waals surface area contributed by atoms with Gasteiger partial charge in [0.25, 0.3) is 0 Å². The van der Waals surface area contributed by atoms with E-state index in [4.69, 9.17) is 4.74 Å². The summed E-state index contributed by atoms with van der Waals surface area (Å²) in [5.41, 5.74) is 2.25. The standard InChI is InChI=1S/C15H20N2O/c1-4-16-15(11(2)18-3)13-8-7-12-6-5-9-17-14(12)10-13/h5-11,15-16H,4H2,1-3H3. The maximum atomic E-state index is 5.45. The van der Waals surface area contributed by atoms with E-state index in [2.05, 4.69) is 48.4 Å². The number of methoxy groups -OCH3 is 1. The third kappa shape index (κ3) is 2.68. The molecule has 1 heterocycles. The molecule has 2 unspecified atom stereocenters. The van der Waals surface area contributed by atoms with E-state index in [1.54, 1.807) is 7.11 Å². The monoisotopic (exact) mass is 244 g/mol. The van der Waals surface area contributed by atoms with E-state index in [0.29, 0.717) is 0 Å². The summed E-state index contributed by atoms with van der Waals surface area (Å²) in [7, 11) is 1.74. The van der Waals surface area contributed by atoms with Gasteiger partial charge in [-0.25, -0.2) is 0 Å². The van der Waals surface area contributed by atoms with Crippen molar-refractivity contribution in [3.63, 3.8) is 0 Å². The Morgan fingerprint density at radius 2 is 2.17 bits per heavy atom. The Kier molecular flexibility index (Phi) is 4.28. The van der Waals surface area contributed by atoms with Crippen molar-refractivity contribution in [2.45, 2.75) is 26.0 Å². The lowest BCUT2D eigenvalue weighted by atomic mass is 10.0. The number of nitrogens with zero attached hydrogens (tertiary/aromatic N) is 1. The van der Waals surface area contributed by atoms with Gasteiger partial charge in [0.2, 0.25) is 0 Å². The zero-order valence-electron chi connectivity index (χ0n) is 11.2. The van der Waals surface area contributed by atoms with E-state index in [0.717, 1.165) is 12.1 Å². The molecule has 3 nitrogen and oxygen atoms in total. The fraction of sp³-hybridized carbons (Fsp3) is 0.400. The van der Waals surface area contributed by atoms with Crippen molar-refractivity contribution in [2.24, 2.45) is 0 Å². The zero-order valence-corrected chi connectivity index (χ0v) is 11.2. The van der Waals surface area contributed by atoms with Crippen LogP contribution in [0, 0.1) is 0 Å². The van der Waals surface area contributed by atoms with Crippen molar-refractivity contribution in [3.05, 3.63) is 42.1 Å². The van der Waals surface area contributed by atoms with E-state index in [1.807, 2.05) is 12.3 Å². The minimum Gasteiger partial charge on any atom is -0.380 e. The van der Waals surface area contributed by atoms with Crippen LogP contribution in [0.5, 0.6) is 0 Å². The highest BCUT2D eigenvalue weighted by atomic mass is 16.5. The molecule has 2 rings (SSSR count). The van der Waals surface area contributed by atoms with Gasteiger partial charge in [0.1, 0.15) is 0 Å². The van der Waals surface area contributed by atoms with Gasteiger partial charge in [-0.3, -0.25) is 4.98 Å². The minimum atomic E-state index is 0.131. The third-order valence-electron chi connectivity index (χ3n) is 3.25. The third-order valence-corrected chi connectivity index (χ3v) is 3.25. The zero-order chi connectivity index (χ0) is 13.0. The van der Waals surface area contributed by atoms with Gasteiger partial charge < -0.3 is 10.1 Å². The van der Waals surface area contributed by atoms with Gasteiger partial charge in [0.05, 0.1) is 17.7 Å². The van der Waals surface area contributed by atoms with Crippen molar-refractivity contribution in [3.8, 4) is 0 Å². The van der Waals surface area contributed by atoms with Gasteiger partial charge >= 0.3 is 0 Å². The Labute approximate surface area is 108 Å². The molecule has 1 aromatic heterocycles. The van der Waals surface area contributed by atoms with Crippen LogP contribution in [0.2, 0.25) is 0 Å². The highest BCUT2D eigenvalue weighted by Crippen LogP contribution is 2.22. The molecule has 0 aliphatic rings. The lowest BCUT2D eigenvalue weighted by Crippen LogP contribution is -2.31. The second kappa shape index (κ2) is 5.94. The fourth-order valence-electron chi connectivity index (χ4n) is 2.19. The first-order chi connectivity index (χ1) is 8.76. The van der Waals surface area contributed by atoms with Crippen LogP contribution in [-0.2, 0) is 4.74 Å². The smallest absolute Gasteiger partial charge is 0.0737 e. The minimum absolute atomic E-state index is 0.131. The highest BCUT2D eigenvalue weighted by molar-refractivity contribution is 5.79. The van der Waals surface area contributed by atoms with E-state index in [1.165, 1.54) is 10.9 Å². The molecule has 2 aromatic rings. The topological polar surface area (TPSA) is 34.2 Å². The summed E-state index contributed by atoms with van der Waals surface area (Å²) in [6.45, 7) is 5.10. The summed E-state index contributed by atoms with van der Waals surface area (Å²) in [4.78, 5) is 4.40. The molecule has 0 aliphatic carbocycles. The van der Waals surface area contributed by atoms with E-state index >= 15 is 0 Å². The van der Waals surface area contributed by atoms with Gasteiger partial charge in [-0.15, -0.1) is 0 Å². The molecule has 0 aliphatic heterocycles. The quantitative estimate of drug-likeness (QED) is 0.878. The van der Waals surface area contributed by atoms with Crippen LogP contribution >= 0.6 is 0 Å². The Morgan fingerprint density at radius 3 is 2.89 bits per heavy atom. The summed E-state index contributed by atoms with van der Waals surface area (Å²) >= 11 is 0. The van der Waals surface area contributed by atoms with Crippen LogP contribution < -0.4 is 5.32 Å². The number of aromatic nitrogens is 1. The van der Waals surface area contributed by atoms with E-state index < -0.39 is 0 Å². The molecular weight excluding hydrogens is 224 g/mol.